The quantitative estimate of drug-likeness (QED) is 0.713. The summed E-state index contributed by atoms with van der Waals surface area (Å²) >= 11 is 0. The lowest BCUT2D eigenvalue weighted by Gasteiger charge is -2.05. The first-order chi connectivity index (χ1) is 6.27. The number of hydrogen-bond donors (Lipinski definition) is 1. The zero-order valence-electron chi connectivity index (χ0n) is 7.44. The van der Waals surface area contributed by atoms with Crippen LogP contribution in [0.15, 0.2) is 30.7 Å². The summed E-state index contributed by atoms with van der Waals surface area (Å²) in [5.74, 6) is 0. The zero-order valence-corrected chi connectivity index (χ0v) is 7.44. The Hall–Kier alpha value is -1.48. The lowest BCUT2D eigenvalue weighted by Crippen LogP contribution is -2.04. The highest BCUT2D eigenvalue weighted by atomic mass is 14.8. The molecule has 66 valence electrons. The van der Waals surface area contributed by atoms with E-state index in [0.717, 1.165) is 16.5 Å². The molecule has 1 atom stereocenters. The fourth-order valence-corrected chi connectivity index (χ4v) is 1.29. The maximum atomic E-state index is 5.76. The van der Waals surface area contributed by atoms with Crippen LogP contribution in [0.25, 0.3) is 10.9 Å². The first kappa shape index (κ1) is 8.13. The summed E-state index contributed by atoms with van der Waals surface area (Å²) in [6, 6.07) is 6.06. The van der Waals surface area contributed by atoms with Gasteiger partial charge in [-0.1, -0.05) is 6.07 Å². The Kier molecular flexibility index (Phi) is 1.94. The van der Waals surface area contributed by atoms with Gasteiger partial charge in [0.25, 0.3) is 0 Å². The molecule has 0 aliphatic heterocycles. The molecule has 3 nitrogen and oxygen atoms in total. The molecule has 1 aromatic heterocycles. The number of nitrogens with zero attached hydrogens (tertiary/aromatic N) is 2. The molecule has 0 saturated carbocycles. The molecule has 0 spiro atoms. The molecule has 1 unspecified atom stereocenters. The molecule has 0 aliphatic carbocycles. The predicted octanol–water partition coefficient (Wildman–Crippen LogP) is 1.65. The molecule has 0 amide bonds. The second kappa shape index (κ2) is 3.11. The van der Waals surface area contributed by atoms with Gasteiger partial charge >= 0.3 is 0 Å². The first-order valence-electron chi connectivity index (χ1n) is 4.22. The monoisotopic (exact) mass is 173 g/mol. The van der Waals surface area contributed by atoms with E-state index >= 15 is 0 Å². The van der Waals surface area contributed by atoms with Gasteiger partial charge in [-0.05, 0) is 24.6 Å². The van der Waals surface area contributed by atoms with Crippen molar-refractivity contribution >= 4 is 10.9 Å². The summed E-state index contributed by atoms with van der Waals surface area (Å²) in [6.45, 7) is 1.96. The van der Waals surface area contributed by atoms with Crippen LogP contribution in [0.1, 0.15) is 18.5 Å². The van der Waals surface area contributed by atoms with Crippen LogP contribution in [0.5, 0.6) is 0 Å². The highest BCUT2D eigenvalue weighted by Crippen LogP contribution is 2.16. The molecule has 13 heavy (non-hydrogen) atoms. The van der Waals surface area contributed by atoms with Gasteiger partial charge in [-0.15, -0.1) is 0 Å². The van der Waals surface area contributed by atoms with Crippen LogP contribution in [0.4, 0.5) is 0 Å². The molecule has 0 aliphatic rings. The van der Waals surface area contributed by atoms with Crippen LogP contribution in [0, 0.1) is 0 Å². The van der Waals surface area contributed by atoms with E-state index in [9.17, 15) is 0 Å². The summed E-state index contributed by atoms with van der Waals surface area (Å²) in [4.78, 5) is 8.09. The summed E-state index contributed by atoms with van der Waals surface area (Å²) < 4.78 is 0. The maximum absolute atomic E-state index is 5.76. The average molecular weight is 173 g/mol. The highest BCUT2D eigenvalue weighted by molar-refractivity contribution is 5.78. The van der Waals surface area contributed by atoms with Crippen molar-refractivity contribution in [3.05, 3.63) is 36.3 Å². The molecule has 0 fully saturated rings. The summed E-state index contributed by atoms with van der Waals surface area (Å²) in [6.07, 6.45) is 3.35. The van der Waals surface area contributed by atoms with Crippen molar-refractivity contribution in [2.24, 2.45) is 5.73 Å². The van der Waals surface area contributed by atoms with Crippen molar-refractivity contribution in [3.8, 4) is 0 Å². The van der Waals surface area contributed by atoms with E-state index in [0.29, 0.717) is 0 Å². The van der Waals surface area contributed by atoms with Crippen LogP contribution >= 0.6 is 0 Å². The number of nitrogens with two attached hydrogens (primary N) is 1. The maximum Gasteiger partial charge on any atom is 0.116 e. The third-order valence-corrected chi connectivity index (χ3v) is 2.05. The summed E-state index contributed by atoms with van der Waals surface area (Å²) in [5, 5.41) is 1.04. The van der Waals surface area contributed by atoms with E-state index in [1.807, 2.05) is 25.1 Å². The second-order valence-corrected chi connectivity index (χ2v) is 3.13. The highest BCUT2D eigenvalue weighted by Gasteiger charge is 2.00. The number of rotatable bonds is 1. The number of aromatic nitrogens is 2. The van der Waals surface area contributed by atoms with E-state index < -0.39 is 0 Å². The fourth-order valence-electron chi connectivity index (χ4n) is 1.29. The lowest BCUT2D eigenvalue weighted by molar-refractivity contribution is 0.819. The van der Waals surface area contributed by atoms with E-state index in [-0.39, 0.29) is 6.04 Å². The number of fused-ring (bicyclic) bond motifs is 1. The Bertz CT molecular complexity index is 423. The molecular formula is C10H11N3. The fraction of sp³-hybridized carbons (Fsp3) is 0.200. The van der Waals surface area contributed by atoms with Crippen molar-refractivity contribution in [1.29, 1.82) is 0 Å². The van der Waals surface area contributed by atoms with Crippen LogP contribution in [-0.4, -0.2) is 9.97 Å². The molecule has 2 rings (SSSR count). The SMILES string of the molecule is CC(N)c1ccc2ncncc2c1. The Balaban J connectivity index is 2.62. The first-order valence-corrected chi connectivity index (χ1v) is 4.22. The van der Waals surface area contributed by atoms with Crippen LogP contribution in [-0.2, 0) is 0 Å². The smallest absolute Gasteiger partial charge is 0.116 e. The van der Waals surface area contributed by atoms with Gasteiger partial charge in [0.15, 0.2) is 0 Å². The Morgan fingerprint density at radius 2 is 2.23 bits per heavy atom. The third-order valence-electron chi connectivity index (χ3n) is 2.05. The van der Waals surface area contributed by atoms with Crippen LogP contribution in [0.3, 0.4) is 0 Å². The van der Waals surface area contributed by atoms with Crippen LogP contribution < -0.4 is 5.73 Å². The van der Waals surface area contributed by atoms with Crippen molar-refractivity contribution in [2.45, 2.75) is 13.0 Å². The summed E-state index contributed by atoms with van der Waals surface area (Å²) in [5.41, 5.74) is 7.83. The lowest BCUT2D eigenvalue weighted by atomic mass is 10.1. The van der Waals surface area contributed by atoms with E-state index in [2.05, 4.69) is 9.97 Å². The van der Waals surface area contributed by atoms with Gasteiger partial charge in [-0.2, -0.15) is 0 Å². The van der Waals surface area contributed by atoms with Crippen molar-refractivity contribution in [2.75, 3.05) is 0 Å². The van der Waals surface area contributed by atoms with Gasteiger partial charge in [-0.25, -0.2) is 9.97 Å². The molecule has 3 heteroatoms. The molecule has 0 saturated heterocycles. The second-order valence-electron chi connectivity index (χ2n) is 3.13. The van der Waals surface area contributed by atoms with E-state index in [4.69, 9.17) is 5.73 Å². The van der Waals surface area contributed by atoms with Crippen molar-refractivity contribution in [3.63, 3.8) is 0 Å². The molecule has 1 heterocycles. The third kappa shape index (κ3) is 1.51. The van der Waals surface area contributed by atoms with Gasteiger partial charge in [-0.3, -0.25) is 0 Å². The number of hydrogen-bond acceptors (Lipinski definition) is 3. The molecule has 0 radical (unpaired) electrons. The molecule has 1 aromatic carbocycles. The van der Waals surface area contributed by atoms with Gasteiger partial charge in [0.05, 0.1) is 5.52 Å². The Morgan fingerprint density at radius 1 is 1.38 bits per heavy atom. The van der Waals surface area contributed by atoms with Gasteiger partial charge < -0.3 is 5.73 Å². The average Bonchev–Trinajstić information content (AvgIpc) is 2.17. The van der Waals surface area contributed by atoms with Gasteiger partial charge in [0.2, 0.25) is 0 Å². The Labute approximate surface area is 76.6 Å². The molecule has 0 bridgehead atoms. The Morgan fingerprint density at radius 3 is 3.00 bits per heavy atom. The zero-order chi connectivity index (χ0) is 9.26. The number of benzene rings is 1. The largest absolute Gasteiger partial charge is 0.324 e. The summed E-state index contributed by atoms with van der Waals surface area (Å²) in [7, 11) is 0. The predicted molar refractivity (Wildman–Crippen MR) is 52.1 cm³/mol. The van der Waals surface area contributed by atoms with Crippen LogP contribution in [0.2, 0.25) is 0 Å². The topological polar surface area (TPSA) is 51.8 Å². The van der Waals surface area contributed by atoms with E-state index in [1.54, 1.807) is 12.5 Å². The molecular weight excluding hydrogens is 162 g/mol. The van der Waals surface area contributed by atoms with Gasteiger partial charge in [0.1, 0.15) is 6.33 Å². The van der Waals surface area contributed by atoms with Crippen molar-refractivity contribution in [1.82, 2.24) is 9.97 Å². The van der Waals surface area contributed by atoms with Crippen molar-refractivity contribution < 1.29 is 0 Å². The van der Waals surface area contributed by atoms with E-state index in [1.165, 1.54) is 0 Å². The minimum Gasteiger partial charge on any atom is -0.324 e. The molecule has 2 aromatic rings. The standard InChI is InChI=1S/C10H11N3/c1-7(11)8-2-3-10-9(4-8)5-12-6-13-10/h2-7H,11H2,1H3. The normalized spacial score (nSPS) is 13.1. The minimum absolute atomic E-state index is 0.0598. The molecule has 2 N–H and O–H groups in total. The minimum atomic E-state index is 0.0598. The van der Waals surface area contributed by atoms with Gasteiger partial charge in [0, 0.05) is 17.6 Å².